The van der Waals surface area contributed by atoms with Gasteiger partial charge in [0.15, 0.2) is 0 Å². The van der Waals surface area contributed by atoms with Gasteiger partial charge in [0.1, 0.15) is 11.6 Å². The first-order chi connectivity index (χ1) is 15.5. The maximum atomic E-state index is 11.7. The van der Waals surface area contributed by atoms with Gasteiger partial charge in [-0.3, -0.25) is 4.79 Å². The predicted octanol–water partition coefficient (Wildman–Crippen LogP) is 4.15. The summed E-state index contributed by atoms with van der Waals surface area (Å²) in [5.41, 5.74) is 7.70. The van der Waals surface area contributed by atoms with Gasteiger partial charge < -0.3 is 21.3 Å². The third-order valence-corrected chi connectivity index (χ3v) is 6.84. The van der Waals surface area contributed by atoms with Crippen LogP contribution in [0.2, 0.25) is 5.02 Å². The Morgan fingerprint density at radius 3 is 2.81 bits per heavy atom. The zero-order valence-electron chi connectivity index (χ0n) is 18.7. The molecule has 4 rings (SSSR count). The number of anilines is 2. The van der Waals surface area contributed by atoms with Gasteiger partial charge in [-0.2, -0.15) is 0 Å². The summed E-state index contributed by atoms with van der Waals surface area (Å²) in [6.45, 7) is 4.11. The molecule has 8 heteroatoms. The van der Waals surface area contributed by atoms with Crippen molar-refractivity contribution >= 4 is 29.1 Å². The standard InChI is InChI=1S/C24H33ClN6O/c1-16(32)31-11-3-4-17(15-31)13-27-23-6-2-5-22(30-23)20-12-24(28-14-21(20)25)29-19-9-7-18(26)8-10-19/h2,5-6,12,14,17-19H,3-4,7-11,13,15,26H2,1H3,(H,27,30)(H,28,29). The van der Waals surface area contributed by atoms with Crippen LogP contribution in [0.3, 0.4) is 0 Å². The van der Waals surface area contributed by atoms with Crippen molar-refractivity contribution in [3.63, 3.8) is 0 Å². The molecule has 1 amide bonds. The van der Waals surface area contributed by atoms with Gasteiger partial charge in [-0.25, -0.2) is 9.97 Å². The maximum absolute atomic E-state index is 11.7. The average Bonchev–Trinajstić information content (AvgIpc) is 2.81. The fourth-order valence-corrected chi connectivity index (χ4v) is 4.84. The van der Waals surface area contributed by atoms with E-state index in [2.05, 4.69) is 15.6 Å². The number of hydrogen-bond acceptors (Lipinski definition) is 6. The molecule has 32 heavy (non-hydrogen) atoms. The topological polar surface area (TPSA) is 96.2 Å². The molecule has 1 saturated heterocycles. The van der Waals surface area contributed by atoms with E-state index in [1.807, 2.05) is 29.2 Å². The van der Waals surface area contributed by atoms with Crippen molar-refractivity contribution in [2.24, 2.45) is 11.7 Å². The lowest BCUT2D eigenvalue weighted by Crippen LogP contribution is -2.40. The van der Waals surface area contributed by atoms with E-state index >= 15 is 0 Å². The van der Waals surface area contributed by atoms with Gasteiger partial charge >= 0.3 is 0 Å². The maximum Gasteiger partial charge on any atom is 0.219 e. The number of rotatable bonds is 6. The number of hydrogen-bond donors (Lipinski definition) is 3. The molecule has 7 nitrogen and oxygen atoms in total. The van der Waals surface area contributed by atoms with E-state index in [1.165, 1.54) is 0 Å². The lowest BCUT2D eigenvalue weighted by molar-refractivity contribution is -0.130. The Labute approximate surface area is 195 Å². The van der Waals surface area contributed by atoms with Crippen LogP contribution < -0.4 is 16.4 Å². The number of likely N-dealkylation sites (tertiary alicyclic amines) is 1. The third kappa shape index (κ3) is 5.90. The third-order valence-electron chi connectivity index (χ3n) is 6.54. The van der Waals surface area contributed by atoms with E-state index in [0.717, 1.165) is 81.1 Å². The van der Waals surface area contributed by atoms with E-state index < -0.39 is 0 Å². The molecule has 0 aromatic carbocycles. The minimum atomic E-state index is 0.155. The molecular weight excluding hydrogens is 424 g/mol. The SMILES string of the molecule is CC(=O)N1CCCC(CNc2cccc(-c3cc(NC4CCC(N)CC4)ncc3Cl)n2)C1. The predicted molar refractivity (Wildman–Crippen MR) is 130 cm³/mol. The Hall–Kier alpha value is -2.38. The van der Waals surface area contributed by atoms with Crippen molar-refractivity contribution in [2.75, 3.05) is 30.3 Å². The summed E-state index contributed by atoms with van der Waals surface area (Å²) in [5, 5.41) is 7.57. The highest BCUT2D eigenvalue weighted by atomic mass is 35.5. The van der Waals surface area contributed by atoms with Crippen molar-refractivity contribution in [2.45, 2.75) is 57.5 Å². The highest BCUT2D eigenvalue weighted by molar-refractivity contribution is 6.33. The highest BCUT2D eigenvalue weighted by Gasteiger charge is 2.22. The van der Waals surface area contributed by atoms with Crippen molar-refractivity contribution in [3.05, 3.63) is 35.5 Å². The van der Waals surface area contributed by atoms with Gasteiger partial charge in [0.05, 0.1) is 10.7 Å². The van der Waals surface area contributed by atoms with Gasteiger partial charge in [0, 0.05) is 50.4 Å². The largest absolute Gasteiger partial charge is 0.370 e. The fourth-order valence-electron chi connectivity index (χ4n) is 4.64. The number of halogens is 1. The van der Waals surface area contributed by atoms with E-state index in [4.69, 9.17) is 22.3 Å². The van der Waals surface area contributed by atoms with Crippen LogP contribution >= 0.6 is 11.6 Å². The minimum Gasteiger partial charge on any atom is -0.370 e. The number of nitrogens with one attached hydrogen (secondary N) is 2. The van der Waals surface area contributed by atoms with Gasteiger partial charge in [0.2, 0.25) is 5.91 Å². The number of carbonyl (C=O) groups excluding carboxylic acids is 1. The number of amides is 1. The van der Waals surface area contributed by atoms with Crippen LogP contribution in [0.4, 0.5) is 11.6 Å². The van der Waals surface area contributed by atoms with Gasteiger partial charge in [-0.15, -0.1) is 0 Å². The number of carbonyl (C=O) groups is 1. The molecule has 1 aliphatic heterocycles. The van der Waals surface area contributed by atoms with Crippen LogP contribution in [-0.2, 0) is 4.79 Å². The summed E-state index contributed by atoms with van der Waals surface area (Å²) in [4.78, 5) is 22.9. The lowest BCUT2D eigenvalue weighted by atomic mass is 9.92. The summed E-state index contributed by atoms with van der Waals surface area (Å²) >= 11 is 6.48. The fraction of sp³-hybridized carbons (Fsp3) is 0.542. The quantitative estimate of drug-likeness (QED) is 0.604. The summed E-state index contributed by atoms with van der Waals surface area (Å²) in [7, 11) is 0. The van der Waals surface area contributed by atoms with E-state index in [9.17, 15) is 4.79 Å². The molecule has 2 aromatic rings. The van der Waals surface area contributed by atoms with Crippen LogP contribution in [0.5, 0.6) is 0 Å². The molecule has 1 unspecified atom stereocenters. The normalized spacial score (nSPS) is 23.6. The van der Waals surface area contributed by atoms with Crippen molar-refractivity contribution in [1.29, 1.82) is 0 Å². The first-order valence-electron chi connectivity index (χ1n) is 11.6. The Morgan fingerprint density at radius 1 is 1.22 bits per heavy atom. The first-order valence-corrected chi connectivity index (χ1v) is 12.0. The summed E-state index contributed by atoms with van der Waals surface area (Å²) in [5.74, 6) is 2.22. The van der Waals surface area contributed by atoms with Crippen molar-refractivity contribution < 1.29 is 4.79 Å². The van der Waals surface area contributed by atoms with Crippen LogP contribution in [0.25, 0.3) is 11.3 Å². The molecule has 2 aromatic heterocycles. The number of nitrogens with zero attached hydrogens (tertiary/aromatic N) is 3. The molecule has 1 aliphatic carbocycles. The molecular formula is C24H33ClN6O. The molecule has 3 heterocycles. The van der Waals surface area contributed by atoms with Gasteiger partial charge in [-0.05, 0) is 62.6 Å². The average molecular weight is 457 g/mol. The van der Waals surface area contributed by atoms with Crippen molar-refractivity contribution in [3.8, 4) is 11.3 Å². The Kier molecular flexibility index (Phi) is 7.48. The number of pyridine rings is 2. The molecule has 0 radical (unpaired) electrons. The number of piperidine rings is 1. The first kappa shape index (κ1) is 22.8. The second kappa shape index (κ2) is 10.5. The molecule has 172 valence electrons. The molecule has 0 bridgehead atoms. The molecule has 2 fully saturated rings. The smallest absolute Gasteiger partial charge is 0.219 e. The summed E-state index contributed by atoms with van der Waals surface area (Å²) < 4.78 is 0. The monoisotopic (exact) mass is 456 g/mol. The van der Waals surface area contributed by atoms with Crippen LogP contribution in [0, 0.1) is 5.92 Å². The van der Waals surface area contributed by atoms with Crippen LogP contribution in [0.1, 0.15) is 45.4 Å². The highest BCUT2D eigenvalue weighted by Crippen LogP contribution is 2.30. The Balaban J connectivity index is 1.41. The van der Waals surface area contributed by atoms with E-state index in [0.29, 0.717) is 23.0 Å². The lowest BCUT2D eigenvalue weighted by Gasteiger charge is -2.32. The van der Waals surface area contributed by atoms with Crippen molar-refractivity contribution in [1.82, 2.24) is 14.9 Å². The Morgan fingerprint density at radius 2 is 2.03 bits per heavy atom. The van der Waals surface area contributed by atoms with E-state index in [1.54, 1.807) is 13.1 Å². The summed E-state index contributed by atoms with van der Waals surface area (Å²) in [6.07, 6.45) is 8.05. The molecule has 0 spiro atoms. The Bertz CT molecular complexity index is 930. The van der Waals surface area contributed by atoms with Crippen LogP contribution in [-0.4, -0.2) is 52.5 Å². The second-order valence-corrected chi connectivity index (χ2v) is 9.47. The zero-order chi connectivity index (χ0) is 22.5. The molecule has 2 aliphatic rings. The second-order valence-electron chi connectivity index (χ2n) is 9.07. The van der Waals surface area contributed by atoms with Gasteiger partial charge in [0.25, 0.3) is 0 Å². The summed E-state index contributed by atoms with van der Waals surface area (Å²) in [6, 6.07) is 8.61. The van der Waals surface area contributed by atoms with Crippen LogP contribution in [0.15, 0.2) is 30.5 Å². The number of nitrogens with two attached hydrogens (primary N) is 1. The molecule has 1 atom stereocenters. The minimum absolute atomic E-state index is 0.155. The molecule has 1 saturated carbocycles. The number of aromatic nitrogens is 2. The zero-order valence-corrected chi connectivity index (χ0v) is 19.4. The molecule has 4 N–H and O–H groups in total. The van der Waals surface area contributed by atoms with Gasteiger partial charge in [-0.1, -0.05) is 17.7 Å². The van der Waals surface area contributed by atoms with E-state index in [-0.39, 0.29) is 5.91 Å².